The van der Waals surface area contributed by atoms with Crippen molar-refractivity contribution in [1.29, 1.82) is 0 Å². The van der Waals surface area contributed by atoms with Crippen LogP contribution in [0.1, 0.15) is 22.8 Å². The summed E-state index contributed by atoms with van der Waals surface area (Å²) in [5.41, 5.74) is 3.31. The lowest BCUT2D eigenvalue weighted by molar-refractivity contribution is 0.178. The summed E-state index contributed by atoms with van der Waals surface area (Å²) in [4.78, 5) is 0. The lowest BCUT2D eigenvalue weighted by Gasteiger charge is -2.11. The van der Waals surface area contributed by atoms with Crippen LogP contribution >= 0.6 is 11.3 Å². The molecule has 0 radical (unpaired) electrons. The highest BCUT2D eigenvalue weighted by Gasteiger charge is 2.11. The van der Waals surface area contributed by atoms with Gasteiger partial charge in [-0.15, -0.1) is 0 Å². The maximum absolute atomic E-state index is 10.1. The van der Waals surface area contributed by atoms with Crippen molar-refractivity contribution in [2.24, 2.45) is 0 Å². The van der Waals surface area contributed by atoms with Crippen molar-refractivity contribution in [3.8, 4) is 5.75 Å². The molecule has 0 fully saturated rings. The Morgan fingerprint density at radius 2 is 1.94 bits per heavy atom. The van der Waals surface area contributed by atoms with Crippen LogP contribution in [-0.4, -0.2) is 12.2 Å². The fourth-order valence-corrected chi connectivity index (χ4v) is 2.70. The van der Waals surface area contributed by atoms with Crippen molar-refractivity contribution in [3.05, 3.63) is 51.7 Å². The zero-order valence-electron chi connectivity index (χ0n) is 10.0. The fraction of sp³-hybridized carbons (Fsp3) is 0.286. The van der Waals surface area contributed by atoms with Gasteiger partial charge in [0.1, 0.15) is 5.75 Å². The Bertz CT molecular complexity index is 473. The van der Waals surface area contributed by atoms with E-state index in [9.17, 15) is 5.11 Å². The summed E-state index contributed by atoms with van der Waals surface area (Å²) < 4.78 is 5.10. The largest absolute Gasteiger partial charge is 0.497 e. The maximum Gasteiger partial charge on any atom is 0.118 e. The summed E-state index contributed by atoms with van der Waals surface area (Å²) in [5, 5.41) is 14.2. The molecule has 0 spiro atoms. The molecule has 0 aliphatic carbocycles. The fourth-order valence-electron chi connectivity index (χ4n) is 1.81. The van der Waals surface area contributed by atoms with Crippen LogP contribution < -0.4 is 4.74 Å². The van der Waals surface area contributed by atoms with Gasteiger partial charge in [-0.05, 0) is 46.5 Å². The number of rotatable bonds is 4. The third kappa shape index (κ3) is 2.87. The van der Waals surface area contributed by atoms with Crippen molar-refractivity contribution in [2.75, 3.05) is 7.11 Å². The molecule has 17 heavy (non-hydrogen) atoms. The van der Waals surface area contributed by atoms with Gasteiger partial charge in [0.15, 0.2) is 0 Å². The number of aryl methyl sites for hydroxylation is 1. The molecular formula is C14H16O2S. The van der Waals surface area contributed by atoms with Gasteiger partial charge in [0.2, 0.25) is 0 Å². The summed E-state index contributed by atoms with van der Waals surface area (Å²) in [6, 6.07) is 7.82. The molecule has 0 aliphatic rings. The summed E-state index contributed by atoms with van der Waals surface area (Å²) in [5.74, 6) is 0.843. The molecule has 0 aliphatic heterocycles. The van der Waals surface area contributed by atoms with Gasteiger partial charge in [-0.3, -0.25) is 0 Å². The van der Waals surface area contributed by atoms with E-state index in [0.717, 1.165) is 22.4 Å². The summed E-state index contributed by atoms with van der Waals surface area (Å²) >= 11 is 1.63. The average molecular weight is 248 g/mol. The van der Waals surface area contributed by atoms with Crippen LogP contribution in [0.2, 0.25) is 0 Å². The first-order valence-electron chi connectivity index (χ1n) is 5.54. The SMILES string of the molecule is COc1ccc(CC(O)c2cscc2C)cc1. The van der Waals surface area contributed by atoms with E-state index < -0.39 is 6.10 Å². The minimum Gasteiger partial charge on any atom is -0.497 e. The van der Waals surface area contributed by atoms with E-state index in [4.69, 9.17) is 4.74 Å². The Balaban J connectivity index is 2.07. The van der Waals surface area contributed by atoms with Gasteiger partial charge >= 0.3 is 0 Å². The number of methoxy groups -OCH3 is 1. The number of aliphatic hydroxyl groups excluding tert-OH is 1. The summed E-state index contributed by atoms with van der Waals surface area (Å²) in [6.45, 7) is 2.03. The van der Waals surface area contributed by atoms with Gasteiger partial charge in [0.25, 0.3) is 0 Å². The third-order valence-corrected chi connectivity index (χ3v) is 3.72. The molecule has 3 heteroatoms. The first-order chi connectivity index (χ1) is 8.20. The van der Waals surface area contributed by atoms with E-state index in [1.54, 1.807) is 18.4 Å². The minimum atomic E-state index is -0.422. The molecule has 1 aromatic heterocycles. The summed E-state index contributed by atoms with van der Waals surface area (Å²) in [7, 11) is 1.65. The highest BCUT2D eigenvalue weighted by molar-refractivity contribution is 7.08. The zero-order valence-corrected chi connectivity index (χ0v) is 10.8. The molecule has 0 bridgehead atoms. The second kappa shape index (κ2) is 5.34. The Hall–Kier alpha value is -1.32. The lowest BCUT2D eigenvalue weighted by Crippen LogP contribution is -2.01. The van der Waals surface area contributed by atoms with Crippen molar-refractivity contribution in [3.63, 3.8) is 0 Å². The van der Waals surface area contributed by atoms with Gasteiger partial charge in [-0.25, -0.2) is 0 Å². The van der Waals surface area contributed by atoms with E-state index in [0.29, 0.717) is 6.42 Å². The molecule has 2 nitrogen and oxygen atoms in total. The first kappa shape index (κ1) is 12.1. The van der Waals surface area contributed by atoms with Gasteiger partial charge < -0.3 is 9.84 Å². The van der Waals surface area contributed by atoms with Crippen molar-refractivity contribution in [1.82, 2.24) is 0 Å². The molecule has 90 valence electrons. The van der Waals surface area contributed by atoms with Crippen molar-refractivity contribution >= 4 is 11.3 Å². The number of hydrogen-bond acceptors (Lipinski definition) is 3. The Labute approximate surface area is 105 Å². The molecule has 2 rings (SSSR count). The highest BCUT2D eigenvalue weighted by atomic mass is 32.1. The number of ether oxygens (including phenoxy) is 1. The molecule has 1 unspecified atom stereocenters. The third-order valence-electron chi connectivity index (χ3n) is 2.84. The van der Waals surface area contributed by atoms with Crippen LogP contribution in [0.4, 0.5) is 0 Å². The average Bonchev–Trinajstić information content (AvgIpc) is 2.76. The van der Waals surface area contributed by atoms with Crippen LogP contribution in [0.25, 0.3) is 0 Å². The van der Waals surface area contributed by atoms with Crippen molar-refractivity contribution in [2.45, 2.75) is 19.4 Å². The van der Waals surface area contributed by atoms with Gasteiger partial charge in [-0.2, -0.15) is 11.3 Å². The molecule has 1 atom stereocenters. The predicted octanol–water partition coefficient (Wildman–Crippen LogP) is 3.34. The van der Waals surface area contributed by atoms with Crippen LogP contribution in [0.15, 0.2) is 35.0 Å². The van der Waals surface area contributed by atoms with Gasteiger partial charge in [0, 0.05) is 6.42 Å². The zero-order chi connectivity index (χ0) is 12.3. The Morgan fingerprint density at radius 3 is 2.47 bits per heavy atom. The molecule has 1 N–H and O–H groups in total. The second-order valence-corrected chi connectivity index (χ2v) is 4.82. The first-order valence-corrected chi connectivity index (χ1v) is 6.48. The molecule has 1 heterocycles. The lowest BCUT2D eigenvalue weighted by atomic mass is 10.0. The quantitative estimate of drug-likeness (QED) is 0.899. The van der Waals surface area contributed by atoms with E-state index in [2.05, 4.69) is 5.38 Å². The molecule has 0 saturated carbocycles. The molecule has 0 saturated heterocycles. The second-order valence-electron chi connectivity index (χ2n) is 4.08. The standard InChI is InChI=1S/C14H16O2S/c1-10-8-17-9-13(10)14(15)7-11-3-5-12(16-2)6-4-11/h3-6,8-9,14-15H,7H2,1-2H3. The van der Waals surface area contributed by atoms with Crippen LogP contribution in [0, 0.1) is 6.92 Å². The number of thiophene rings is 1. The Morgan fingerprint density at radius 1 is 1.24 bits per heavy atom. The van der Waals surface area contributed by atoms with Gasteiger partial charge in [0.05, 0.1) is 13.2 Å². The summed E-state index contributed by atoms with van der Waals surface area (Å²) in [6.07, 6.45) is 0.219. The number of benzene rings is 1. The highest BCUT2D eigenvalue weighted by Crippen LogP contribution is 2.25. The molecule has 1 aromatic carbocycles. The Kier molecular flexibility index (Phi) is 3.82. The van der Waals surface area contributed by atoms with E-state index in [1.807, 2.05) is 36.6 Å². The maximum atomic E-state index is 10.1. The van der Waals surface area contributed by atoms with E-state index in [-0.39, 0.29) is 0 Å². The monoisotopic (exact) mass is 248 g/mol. The smallest absolute Gasteiger partial charge is 0.118 e. The van der Waals surface area contributed by atoms with E-state index in [1.165, 1.54) is 0 Å². The topological polar surface area (TPSA) is 29.5 Å². The normalized spacial score (nSPS) is 12.4. The molecule has 2 aromatic rings. The van der Waals surface area contributed by atoms with Crippen LogP contribution in [0.3, 0.4) is 0 Å². The molecule has 0 amide bonds. The van der Waals surface area contributed by atoms with Crippen molar-refractivity contribution < 1.29 is 9.84 Å². The van der Waals surface area contributed by atoms with Gasteiger partial charge in [-0.1, -0.05) is 12.1 Å². The van der Waals surface area contributed by atoms with Crippen LogP contribution in [0.5, 0.6) is 5.75 Å². The number of hydrogen-bond donors (Lipinski definition) is 1. The van der Waals surface area contributed by atoms with E-state index >= 15 is 0 Å². The van der Waals surface area contributed by atoms with Crippen LogP contribution in [-0.2, 0) is 6.42 Å². The molecular weight excluding hydrogens is 232 g/mol. The predicted molar refractivity (Wildman–Crippen MR) is 70.7 cm³/mol. The number of aliphatic hydroxyl groups is 1. The minimum absolute atomic E-state index is 0.422.